The highest BCUT2D eigenvalue weighted by atomic mass is 15.2. The van der Waals surface area contributed by atoms with Crippen LogP contribution < -0.4 is 5.32 Å². The van der Waals surface area contributed by atoms with Gasteiger partial charge in [0.2, 0.25) is 0 Å². The fraction of sp³-hybridized carbons (Fsp3) is 0.714. The summed E-state index contributed by atoms with van der Waals surface area (Å²) < 4.78 is 0. The Morgan fingerprint density at radius 1 is 1.33 bits per heavy atom. The van der Waals surface area contributed by atoms with E-state index in [9.17, 15) is 0 Å². The molecule has 100 valence electrons. The Balaban J connectivity index is 1.83. The van der Waals surface area contributed by atoms with E-state index in [1.54, 1.807) is 0 Å². The van der Waals surface area contributed by atoms with Crippen LogP contribution in [0.25, 0.3) is 0 Å². The number of hydrogen-bond donors (Lipinski definition) is 1. The maximum Gasteiger partial charge on any atom is 0.129 e. The summed E-state index contributed by atoms with van der Waals surface area (Å²) in [5.74, 6) is 1.82. The lowest BCUT2D eigenvalue weighted by molar-refractivity contribution is 0.289. The molecule has 1 N–H and O–H groups in total. The first kappa shape index (κ1) is 13.3. The molecule has 0 bridgehead atoms. The minimum Gasteiger partial charge on any atom is -0.369 e. The smallest absolute Gasteiger partial charge is 0.129 e. The van der Waals surface area contributed by atoms with Gasteiger partial charge in [-0.2, -0.15) is 0 Å². The summed E-state index contributed by atoms with van der Waals surface area (Å²) in [6.45, 7) is 9.53. The molecule has 1 saturated carbocycles. The normalized spacial score (nSPS) is 15.1. The summed E-state index contributed by atoms with van der Waals surface area (Å²) in [5, 5.41) is 3.41. The lowest BCUT2D eigenvalue weighted by atomic mass is 10.3. The summed E-state index contributed by atoms with van der Waals surface area (Å²) in [6, 6.07) is 2.90. The van der Waals surface area contributed by atoms with Gasteiger partial charge < -0.3 is 5.32 Å². The van der Waals surface area contributed by atoms with Crippen LogP contribution in [-0.4, -0.2) is 40.5 Å². The van der Waals surface area contributed by atoms with Crippen LogP contribution in [-0.2, 0) is 6.42 Å². The molecule has 4 nitrogen and oxygen atoms in total. The van der Waals surface area contributed by atoms with Gasteiger partial charge in [-0.05, 0) is 32.7 Å². The van der Waals surface area contributed by atoms with Gasteiger partial charge in [0.1, 0.15) is 11.6 Å². The zero-order valence-electron chi connectivity index (χ0n) is 11.7. The molecule has 0 aliphatic heterocycles. The van der Waals surface area contributed by atoms with Crippen LogP contribution in [0.15, 0.2) is 6.07 Å². The van der Waals surface area contributed by atoms with E-state index in [0.717, 1.165) is 49.4 Å². The van der Waals surface area contributed by atoms with E-state index >= 15 is 0 Å². The van der Waals surface area contributed by atoms with Crippen molar-refractivity contribution in [2.45, 2.75) is 46.1 Å². The number of likely N-dealkylation sites (N-methyl/N-ethyl adjacent to an activating group) is 1. The van der Waals surface area contributed by atoms with Crippen LogP contribution in [0.5, 0.6) is 0 Å². The largest absolute Gasteiger partial charge is 0.369 e. The molecule has 4 heteroatoms. The quantitative estimate of drug-likeness (QED) is 0.803. The zero-order valence-corrected chi connectivity index (χ0v) is 11.7. The summed E-state index contributed by atoms with van der Waals surface area (Å²) in [7, 11) is 0. The lowest BCUT2D eigenvalue weighted by Gasteiger charge is -2.20. The Morgan fingerprint density at radius 3 is 2.72 bits per heavy atom. The first-order chi connectivity index (χ1) is 8.72. The molecular weight excluding hydrogens is 224 g/mol. The standard InChI is InChI=1S/C14H24N4/c1-4-12-10-14(17-11(3)16-12)15-8-9-18(5-2)13-6-7-13/h10,13H,4-9H2,1-3H3,(H,15,16,17). The predicted octanol–water partition coefficient (Wildman–Crippen LogP) is 2.24. The Hall–Kier alpha value is -1.16. The third kappa shape index (κ3) is 3.67. The maximum atomic E-state index is 4.42. The Morgan fingerprint density at radius 2 is 2.11 bits per heavy atom. The highest BCUT2D eigenvalue weighted by Gasteiger charge is 2.27. The van der Waals surface area contributed by atoms with Gasteiger partial charge in [-0.3, -0.25) is 4.90 Å². The molecule has 0 amide bonds. The van der Waals surface area contributed by atoms with Gasteiger partial charge in [-0.25, -0.2) is 9.97 Å². The molecule has 0 radical (unpaired) electrons. The van der Waals surface area contributed by atoms with E-state index in [0.29, 0.717) is 0 Å². The van der Waals surface area contributed by atoms with Gasteiger partial charge in [0.05, 0.1) is 0 Å². The van der Waals surface area contributed by atoms with Gasteiger partial charge in [-0.1, -0.05) is 13.8 Å². The molecule has 0 aromatic carbocycles. The molecule has 0 unspecified atom stereocenters. The third-order valence-electron chi connectivity index (χ3n) is 3.43. The van der Waals surface area contributed by atoms with E-state index in [1.807, 2.05) is 6.92 Å². The topological polar surface area (TPSA) is 41.0 Å². The number of hydrogen-bond acceptors (Lipinski definition) is 4. The van der Waals surface area contributed by atoms with E-state index in [2.05, 4.69) is 40.1 Å². The highest BCUT2D eigenvalue weighted by Crippen LogP contribution is 2.25. The van der Waals surface area contributed by atoms with E-state index in [-0.39, 0.29) is 0 Å². The maximum absolute atomic E-state index is 4.42. The summed E-state index contributed by atoms with van der Waals surface area (Å²) in [6.07, 6.45) is 3.71. The van der Waals surface area contributed by atoms with Crippen LogP contribution in [0.3, 0.4) is 0 Å². The lowest BCUT2D eigenvalue weighted by Crippen LogP contribution is -2.31. The second kappa shape index (κ2) is 6.14. The molecule has 0 saturated heterocycles. The SMILES string of the molecule is CCc1cc(NCCN(CC)C2CC2)nc(C)n1. The molecule has 0 atom stereocenters. The number of aromatic nitrogens is 2. The van der Waals surface area contributed by atoms with Gasteiger partial charge in [0.25, 0.3) is 0 Å². The second-order valence-corrected chi connectivity index (χ2v) is 4.93. The molecule has 1 aromatic heterocycles. The Kier molecular flexibility index (Phi) is 4.53. The van der Waals surface area contributed by atoms with Crippen LogP contribution in [0.4, 0.5) is 5.82 Å². The average Bonchev–Trinajstić information content (AvgIpc) is 3.18. The Labute approximate surface area is 110 Å². The number of nitrogens with one attached hydrogen (secondary N) is 1. The number of nitrogens with zero attached hydrogens (tertiary/aromatic N) is 3. The van der Waals surface area contributed by atoms with Crippen molar-refractivity contribution in [2.24, 2.45) is 0 Å². The Bertz CT molecular complexity index is 387. The molecule has 2 rings (SSSR count). The number of aryl methyl sites for hydroxylation is 2. The molecule has 18 heavy (non-hydrogen) atoms. The molecule has 1 heterocycles. The first-order valence-electron chi connectivity index (χ1n) is 7.05. The van der Waals surface area contributed by atoms with Crippen molar-refractivity contribution < 1.29 is 0 Å². The molecule has 0 spiro atoms. The third-order valence-corrected chi connectivity index (χ3v) is 3.43. The second-order valence-electron chi connectivity index (χ2n) is 4.93. The van der Waals surface area contributed by atoms with Gasteiger partial charge in [0, 0.05) is 30.9 Å². The monoisotopic (exact) mass is 248 g/mol. The summed E-state index contributed by atoms with van der Waals surface area (Å²) in [4.78, 5) is 11.4. The summed E-state index contributed by atoms with van der Waals surface area (Å²) >= 11 is 0. The van der Waals surface area contributed by atoms with E-state index in [4.69, 9.17) is 0 Å². The summed E-state index contributed by atoms with van der Waals surface area (Å²) in [5.41, 5.74) is 1.11. The average molecular weight is 248 g/mol. The van der Waals surface area contributed by atoms with Crippen LogP contribution >= 0.6 is 0 Å². The molecule has 1 aliphatic rings. The van der Waals surface area contributed by atoms with Crippen molar-refractivity contribution in [1.29, 1.82) is 0 Å². The predicted molar refractivity (Wildman–Crippen MR) is 74.9 cm³/mol. The van der Waals surface area contributed by atoms with Gasteiger partial charge in [-0.15, -0.1) is 0 Å². The van der Waals surface area contributed by atoms with Crippen molar-refractivity contribution >= 4 is 5.82 Å². The number of anilines is 1. The fourth-order valence-electron chi connectivity index (χ4n) is 2.27. The first-order valence-corrected chi connectivity index (χ1v) is 7.05. The minimum atomic E-state index is 0.843. The molecule has 1 aromatic rings. The van der Waals surface area contributed by atoms with Crippen molar-refractivity contribution in [3.8, 4) is 0 Å². The van der Waals surface area contributed by atoms with Crippen LogP contribution in [0.1, 0.15) is 38.2 Å². The van der Waals surface area contributed by atoms with Crippen LogP contribution in [0.2, 0.25) is 0 Å². The van der Waals surface area contributed by atoms with Crippen molar-refractivity contribution in [3.63, 3.8) is 0 Å². The minimum absolute atomic E-state index is 0.843. The van der Waals surface area contributed by atoms with Gasteiger partial charge in [0.15, 0.2) is 0 Å². The fourth-order valence-corrected chi connectivity index (χ4v) is 2.27. The van der Waals surface area contributed by atoms with Crippen molar-refractivity contribution in [2.75, 3.05) is 25.0 Å². The van der Waals surface area contributed by atoms with Crippen LogP contribution in [0, 0.1) is 6.92 Å². The molecule has 1 fully saturated rings. The molecule has 1 aliphatic carbocycles. The van der Waals surface area contributed by atoms with Crippen molar-refractivity contribution in [1.82, 2.24) is 14.9 Å². The van der Waals surface area contributed by atoms with Gasteiger partial charge >= 0.3 is 0 Å². The highest BCUT2D eigenvalue weighted by molar-refractivity contribution is 5.36. The van der Waals surface area contributed by atoms with E-state index in [1.165, 1.54) is 12.8 Å². The molecular formula is C14H24N4. The number of rotatable bonds is 7. The van der Waals surface area contributed by atoms with Crippen molar-refractivity contribution in [3.05, 3.63) is 17.6 Å². The zero-order chi connectivity index (χ0) is 13.0. The van der Waals surface area contributed by atoms with E-state index < -0.39 is 0 Å².